The largest absolute Gasteiger partial charge is 2.00 e. The average molecular weight is 2210 g/mol. The van der Waals surface area contributed by atoms with Crippen LogP contribution in [-0.4, -0.2) is 241 Å². The summed E-state index contributed by atoms with van der Waals surface area (Å²) in [7, 11) is 4.87. The maximum Gasteiger partial charge on any atom is 2.00 e. The predicted octanol–water partition coefficient (Wildman–Crippen LogP) is 14.6. The van der Waals surface area contributed by atoms with Gasteiger partial charge in [0.15, 0.2) is 5.60 Å². The molecule has 2 unspecified atom stereocenters. The third-order valence-corrected chi connectivity index (χ3v) is 23.8. The molecule has 6 N–H and O–H groups in total. The van der Waals surface area contributed by atoms with E-state index in [1.54, 1.807) is 75.9 Å². The quantitative estimate of drug-likeness (QED) is 0.0163. The SMILES string of the molecule is C1CCOC1.CC(C)(C)c1ccc(O)cc1.CC(C)(C)c1ccc(OCCN2CCOCC2)cc1.COc1cc[c-]cc1.COc1ccc(C2(O)C(=O)Nc3ccc(I)cc32)cc1.COc1ccc(C2(c3cc(C(C)(C)C)ccc3OCCN3CCOCC3)C(=O)Nc3ccc(I)cc32)cc1.ClCCCl.O=C1Nc2ccc(I)cc2C1=O.OCCN1CCOCC1.[Br-].[Mg+2]. The number of rotatable bonds is 17. The van der Waals surface area contributed by atoms with Crippen LogP contribution >= 0.6 is 91.0 Å². The number of carbonyl (C=O) groups is 4. The Balaban J connectivity index is 0.000000241. The number of anilines is 3. The third-order valence-electron chi connectivity index (χ3n) is 21.2. The molecule has 688 valence electrons. The number of nitrogens with one attached hydrogen (secondary N) is 3. The molecular formula is C99H122BrCl2I3MgN6O16. The second kappa shape index (κ2) is 55.2. The number of ether oxygens (including phenoxy) is 9. The first kappa shape index (κ1) is 110. The van der Waals surface area contributed by atoms with Crippen LogP contribution < -0.4 is 56.6 Å². The molecule has 4 saturated heterocycles. The van der Waals surface area contributed by atoms with Gasteiger partial charge in [0.2, 0.25) is 5.91 Å². The van der Waals surface area contributed by atoms with Crippen molar-refractivity contribution >= 4 is 155 Å². The number of carbonyl (C=O) groups excluding carboxylic acids is 4. The van der Waals surface area contributed by atoms with E-state index in [0.717, 1.165) is 180 Å². The molecule has 0 aliphatic carbocycles. The molecule has 22 nitrogen and oxygen atoms in total. The van der Waals surface area contributed by atoms with Crippen LogP contribution in [0.4, 0.5) is 17.1 Å². The fraction of sp³-hybridized carbons (Fsp3) is 0.414. The standard InChI is InChI=1S/C31H35IN2O4.C16H25NO2.C15H12INO3.C10H14O.C8H4INO2.C7H7O.C6H13NO2.C4H8O.C2H4Cl2.BrH.Mg/c1-30(2,3)22-7-12-28(38-18-15-34-13-16-37-17-14-34)26(19-22)31(21-5-9-24(36-4)10-6-21)25-20-23(32)8-11-27(25)33-29(31)35;1-16(2,3)14-4-6-15(7-5-14)19-13-10-17-8-11-18-12-9-17;1-20-11-5-2-9(3-6-11)15(19)12-8-10(16)4-7-13(12)17-14(15)18;1-10(2,3)8-4-6-9(11)7-5-8;9-4-1-2-6-5(3-4)7(11)8(12)10-6;1-8-7-5-3-2-4-6-7;8-4-1-7-2-5-9-6-3-7;1-2-4-5-3-1;3-1-2-4;;/h5-12,19-20H,13-18H2,1-4H3,(H,33,35);4-7H,8-13H2,1-3H3;2-8,19H,1H3,(H,17,18);4-7,11H,1-3H3;1-3H,(H,10,11,12);3-6H,1H3;8H,1-6H2;1-4H2;1-2H2;1H;/q;;;;;-1;;;;;+2/p-1. The number of benzene rings is 9. The molecule has 0 saturated carbocycles. The van der Waals surface area contributed by atoms with Crippen molar-refractivity contribution in [1.82, 2.24) is 14.7 Å². The number of hydrogen-bond donors (Lipinski definition) is 6. The molecule has 16 rings (SSSR count). The number of morpholine rings is 3. The molecule has 4 fully saturated rings. The number of aliphatic hydroxyl groups excluding tert-OH is 1. The maximum atomic E-state index is 14.2. The van der Waals surface area contributed by atoms with Gasteiger partial charge in [-0.3, -0.25) is 33.9 Å². The summed E-state index contributed by atoms with van der Waals surface area (Å²) >= 11 is 16.7. The number of aromatic hydroxyl groups is 1. The second-order valence-corrected chi connectivity index (χ2v) is 37.6. The number of Topliss-reactive ketones (excluding diaryl/α,β-unsaturated/α-hetero) is 1. The van der Waals surface area contributed by atoms with Crippen molar-refractivity contribution < 1.29 is 94.1 Å². The average Bonchev–Trinajstić information content (AvgIpc) is 1.53. The Kier molecular flexibility index (Phi) is 47.6. The molecule has 7 aliphatic heterocycles. The molecule has 7 aliphatic rings. The van der Waals surface area contributed by atoms with Crippen molar-refractivity contribution in [1.29, 1.82) is 0 Å². The predicted molar refractivity (Wildman–Crippen MR) is 533 cm³/mol. The molecule has 3 amide bonds. The van der Waals surface area contributed by atoms with Gasteiger partial charge in [-0.15, -0.1) is 35.3 Å². The molecule has 9 aromatic rings. The first-order valence-corrected chi connectivity index (χ1v) is 46.5. The molecule has 2 atom stereocenters. The molecule has 9 aromatic carbocycles. The Morgan fingerprint density at radius 2 is 0.844 bits per heavy atom. The van der Waals surface area contributed by atoms with Crippen LogP contribution in [0.2, 0.25) is 0 Å². The Labute approximate surface area is 833 Å². The summed E-state index contributed by atoms with van der Waals surface area (Å²) in [6, 6.07) is 64.0. The van der Waals surface area contributed by atoms with Crippen molar-refractivity contribution in [3.8, 4) is 34.5 Å². The van der Waals surface area contributed by atoms with Crippen molar-refractivity contribution in [3.05, 3.63) is 261 Å². The molecule has 0 spiro atoms. The number of nitrogens with zero attached hydrogens (tertiary/aromatic N) is 3. The molecule has 128 heavy (non-hydrogen) atoms. The minimum Gasteiger partial charge on any atom is -1.00 e. The fourth-order valence-electron chi connectivity index (χ4n) is 14.0. The number of methoxy groups -OCH3 is 3. The number of β-amino-alcohol motifs (C(OH)–C–C–N with tert-alkyl or cyclic N) is 1. The number of halogens is 6. The second-order valence-electron chi connectivity index (χ2n) is 33.1. The number of ketones is 1. The van der Waals surface area contributed by atoms with Crippen LogP contribution in [0.15, 0.2) is 194 Å². The zero-order chi connectivity index (χ0) is 91.5. The van der Waals surface area contributed by atoms with Crippen molar-refractivity contribution in [3.63, 3.8) is 0 Å². The summed E-state index contributed by atoms with van der Waals surface area (Å²) in [4.78, 5) is 55.4. The van der Waals surface area contributed by atoms with Gasteiger partial charge in [0, 0.05) is 128 Å². The summed E-state index contributed by atoms with van der Waals surface area (Å²) in [5.41, 5.74) is 7.62. The number of phenols is 1. The van der Waals surface area contributed by atoms with Gasteiger partial charge in [0.25, 0.3) is 17.6 Å². The van der Waals surface area contributed by atoms with Gasteiger partial charge in [-0.05, 0) is 240 Å². The van der Waals surface area contributed by atoms with Crippen LogP contribution in [0.25, 0.3) is 0 Å². The molecule has 0 radical (unpaired) electrons. The van der Waals surface area contributed by atoms with Crippen LogP contribution in [-0.2, 0) is 60.6 Å². The summed E-state index contributed by atoms with van der Waals surface area (Å²) in [5, 5.41) is 36.9. The van der Waals surface area contributed by atoms with E-state index in [1.165, 1.54) is 24.0 Å². The van der Waals surface area contributed by atoms with Gasteiger partial charge >= 0.3 is 23.1 Å². The minimum atomic E-state index is -1.65. The van der Waals surface area contributed by atoms with Gasteiger partial charge in [-0.2, -0.15) is 18.2 Å². The number of amides is 3. The van der Waals surface area contributed by atoms with Gasteiger partial charge in [-0.25, -0.2) is 0 Å². The van der Waals surface area contributed by atoms with Gasteiger partial charge in [-0.1, -0.05) is 117 Å². The zero-order valence-electron chi connectivity index (χ0n) is 75.4. The van der Waals surface area contributed by atoms with E-state index in [9.17, 15) is 24.3 Å². The third kappa shape index (κ3) is 33.3. The van der Waals surface area contributed by atoms with Crippen molar-refractivity contribution in [2.24, 2.45) is 0 Å². The molecule has 0 bridgehead atoms. The maximum absolute atomic E-state index is 14.2. The molecule has 29 heteroatoms. The van der Waals surface area contributed by atoms with E-state index < -0.39 is 28.6 Å². The van der Waals surface area contributed by atoms with Crippen molar-refractivity contribution in [2.45, 2.75) is 102 Å². The van der Waals surface area contributed by atoms with E-state index in [2.05, 4.69) is 209 Å². The van der Waals surface area contributed by atoms with Gasteiger partial charge in [0.05, 0.1) is 78.8 Å². The van der Waals surface area contributed by atoms with E-state index in [4.69, 9.17) is 76.0 Å². The summed E-state index contributed by atoms with van der Waals surface area (Å²) in [6.07, 6.45) is 2.56. The van der Waals surface area contributed by atoms with Crippen LogP contribution in [0.5, 0.6) is 34.5 Å². The topological polar surface area (TPSA) is 258 Å². The fourth-order valence-corrected chi connectivity index (χ4v) is 15.4. The number of hydrogen-bond acceptors (Lipinski definition) is 19. The Morgan fingerprint density at radius 1 is 0.445 bits per heavy atom. The zero-order valence-corrected chi connectivity index (χ0v) is 86.4. The Bertz CT molecular complexity index is 4850. The number of phenolic OH excluding ortho intramolecular Hbond substituents is 1. The number of alkyl halides is 2. The Morgan fingerprint density at radius 3 is 1.29 bits per heavy atom. The normalized spacial score (nSPS) is 17.2. The smallest absolute Gasteiger partial charge is 1.00 e. The monoisotopic (exact) mass is 2200 g/mol. The minimum absolute atomic E-state index is 0. The summed E-state index contributed by atoms with van der Waals surface area (Å²) in [6.45, 7) is 36.5. The van der Waals surface area contributed by atoms with Crippen LogP contribution in [0.3, 0.4) is 0 Å². The summed E-state index contributed by atoms with van der Waals surface area (Å²) in [5.74, 6) is 3.95. The van der Waals surface area contributed by atoms with E-state index >= 15 is 0 Å². The molecular weight excluding hydrogens is 2080 g/mol. The van der Waals surface area contributed by atoms with E-state index in [1.807, 2.05) is 97.1 Å². The first-order chi connectivity index (χ1) is 60.3. The van der Waals surface area contributed by atoms with E-state index in [-0.39, 0.29) is 68.8 Å². The van der Waals surface area contributed by atoms with Gasteiger partial charge in [0.1, 0.15) is 47.4 Å². The van der Waals surface area contributed by atoms with Crippen LogP contribution in [0.1, 0.15) is 130 Å². The number of fused-ring (bicyclic) bond motifs is 3. The van der Waals surface area contributed by atoms with E-state index in [0.29, 0.717) is 57.9 Å². The van der Waals surface area contributed by atoms with Crippen molar-refractivity contribution in [2.75, 3.05) is 181 Å². The Hall–Kier alpha value is -6.48. The number of aliphatic hydroxyl groups is 2. The summed E-state index contributed by atoms with van der Waals surface area (Å²) < 4.78 is 51.6. The molecule has 7 heterocycles. The van der Waals surface area contributed by atoms with Crippen LogP contribution in [0, 0.1) is 16.8 Å². The van der Waals surface area contributed by atoms with Gasteiger partial charge < -0.3 is 90.9 Å². The molecule has 0 aromatic heterocycles. The first-order valence-electron chi connectivity index (χ1n) is 42.2.